The molecule has 2 aromatic carbocycles. The summed E-state index contributed by atoms with van der Waals surface area (Å²) in [6.45, 7) is 0.856. The number of guanidine groups is 1. The lowest BCUT2D eigenvalue weighted by Crippen LogP contribution is -2.48. The Bertz CT molecular complexity index is 1960. The monoisotopic (exact) mass is 747 g/mol. The molecule has 4 aromatic rings. The summed E-state index contributed by atoms with van der Waals surface area (Å²) in [6, 6.07) is 9.54. The lowest BCUT2D eigenvalue weighted by atomic mass is 9.75. The summed E-state index contributed by atoms with van der Waals surface area (Å²) in [5, 5.41) is 10.5. The summed E-state index contributed by atoms with van der Waals surface area (Å²) in [7, 11) is 0. The first-order valence-electron chi connectivity index (χ1n) is 16.2. The average Bonchev–Trinajstić information content (AvgIpc) is 3.43. The molecule has 3 heterocycles. The Morgan fingerprint density at radius 3 is 2.42 bits per heavy atom. The maximum absolute atomic E-state index is 14.9. The van der Waals surface area contributed by atoms with Gasteiger partial charge in [-0.1, -0.05) is 62.7 Å². The number of nitrogens with two attached hydrogens (primary N) is 1. The van der Waals surface area contributed by atoms with Crippen molar-refractivity contribution < 1.29 is 36.3 Å². The normalized spacial score (nSPS) is 18.5. The SMILES string of the molecule is CC(C)(C)C[C@]1(c2ccc(-c3cnn(C(F)F)c3)cc2)N=C(N)N([C@H](COC(=O)N(CC(F)(F)F)C2CC2)c2ccc(Cl)c(-c3ncn[nH]3)c2)C1=O. The van der Waals surface area contributed by atoms with E-state index in [1.54, 1.807) is 36.4 Å². The number of aromatic amines is 1. The summed E-state index contributed by atoms with van der Waals surface area (Å²) >= 11 is 6.50. The first-order valence-corrected chi connectivity index (χ1v) is 16.6. The van der Waals surface area contributed by atoms with Crippen LogP contribution in [0.15, 0.2) is 66.2 Å². The minimum Gasteiger partial charge on any atom is -0.447 e. The highest BCUT2D eigenvalue weighted by atomic mass is 35.5. The highest BCUT2D eigenvalue weighted by Gasteiger charge is 2.53. The Morgan fingerprint density at radius 2 is 1.85 bits per heavy atom. The summed E-state index contributed by atoms with van der Waals surface area (Å²) in [6.07, 6.45) is -1.10. The van der Waals surface area contributed by atoms with Crippen molar-refractivity contribution in [2.75, 3.05) is 13.2 Å². The molecule has 0 spiro atoms. The Kier molecular flexibility index (Phi) is 9.76. The summed E-state index contributed by atoms with van der Waals surface area (Å²) < 4.78 is 72.7. The van der Waals surface area contributed by atoms with Gasteiger partial charge in [0.1, 0.15) is 19.5 Å². The molecule has 6 rings (SSSR count). The molecule has 1 aliphatic carbocycles. The van der Waals surface area contributed by atoms with Gasteiger partial charge in [0.2, 0.25) is 0 Å². The molecular formula is C34H35ClF5N9O3. The van der Waals surface area contributed by atoms with Gasteiger partial charge in [-0.05, 0) is 53.5 Å². The standard InChI is InChI=1S/C34H35ClF5N9O3/c1-32(2,3)16-33(22-7-4-19(5-8-22)21-13-44-48(14-21)29(36)37)28(50)49(30(41)45-33)26(15-52-31(51)47(23-9-10-23)17-34(38,39)40)20-6-11-25(35)24(12-20)27-42-18-43-46-27/h4-8,11-14,18,23,26,29H,9-10,15-17H2,1-3H3,(H2,41,45)(H,42,43,46)/t26-,33-/m1/s1. The first-order chi connectivity index (χ1) is 24.5. The third-order valence-corrected chi connectivity index (χ3v) is 9.03. The molecule has 1 fully saturated rings. The topological polar surface area (TPSA) is 148 Å². The van der Waals surface area contributed by atoms with Crippen LogP contribution >= 0.6 is 11.6 Å². The molecule has 3 N–H and O–H groups in total. The number of halogens is 6. The number of aromatic nitrogens is 5. The molecular weight excluding hydrogens is 713 g/mol. The molecule has 0 radical (unpaired) electrons. The number of alkyl halides is 5. The van der Waals surface area contributed by atoms with Crippen molar-refractivity contribution in [1.29, 1.82) is 0 Å². The average molecular weight is 748 g/mol. The molecule has 0 unspecified atom stereocenters. The molecule has 1 saturated carbocycles. The second-order valence-corrected chi connectivity index (χ2v) is 14.4. The van der Waals surface area contributed by atoms with Gasteiger partial charge in [-0.3, -0.25) is 19.7 Å². The zero-order valence-corrected chi connectivity index (χ0v) is 29.0. The lowest BCUT2D eigenvalue weighted by molar-refractivity contribution is -0.144. The number of rotatable bonds is 11. The lowest BCUT2D eigenvalue weighted by Gasteiger charge is -2.35. The van der Waals surface area contributed by atoms with Gasteiger partial charge in [-0.15, -0.1) is 0 Å². The zero-order chi connectivity index (χ0) is 37.6. The zero-order valence-electron chi connectivity index (χ0n) is 28.2. The largest absolute Gasteiger partial charge is 0.447 e. The first kappa shape index (κ1) is 36.7. The van der Waals surface area contributed by atoms with Gasteiger partial charge in [-0.2, -0.15) is 32.1 Å². The fourth-order valence-electron chi connectivity index (χ4n) is 6.35. The smallest absolute Gasteiger partial charge is 0.410 e. The van der Waals surface area contributed by atoms with Gasteiger partial charge in [0.15, 0.2) is 17.3 Å². The van der Waals surface area contributed by atoms with Crippen molar-refractivity contribution in [3.8, 4) is 22.5 Å². The van der Waals surface area contributed by atoms with E-state index in [4.69, 9.17) is 27.1 Å². The number of amides is 2. The number of nitrogens with one attached hydrogen (secondary N) is 1. The molecule has 2 aromatic heterocycles. The molecule has 2 amide bonds. The van der Waals surface area contributed by atoms with Gasteiger partial charge in [0.05, 0.1) is 17.3 Å². The van der Waals surface area contributed by atoms with Crippen LogP contribution in [-0.2, 0) is 15.1 Å². The fourth-order valence-corrected chi connectivity index (χ4v) is 6.56. The van der Waals surface area contributed by atoms with E-state index in [0.717, 1.165) is 0 Å². The van der Waals surface area contributed by atoms with E-state index in [-0.39, 0.29) is 17.4 Å². The van der Waals surface area contributed by atoms with E-state index in [9.17, 15) is 31.5 Å². The molecule has 2 aliphatic rings. The Hall–Kier alpha value is -5.06. The predicted molar refractivity (Wildman–Crippen MR) is 180 cm³/mol. The number of aliphatic imine (C=N–C) groups is 1. The van der Waals surface area contributed by atoms with Gasteiger partial charge in [0.25, 0.3) is 5.91 Å². The number of H-pyrrole nitrogens is 1. The van der Waals surface area contributed by atoms with E-state index >= 15 is 0 Å². The fraction of sp³-hybridized carbons (Fsp3) is 0.412. The highest BCUT2D eigenvalue weighted by molar-refractivity contribution is 6.33. The van der Waals surface area contributed by atoms with Crippen LogP contribution in [0.25, 0.3) is 22.5 Å². The number of ether oxygens (including phenoxy) is 1. The minimum atomic E-state index is -4.66. The van der Waals surface area contributed by atoms with Crippen LogP contribution in [0.3, 0.4) is 0 Å². The van der Waals surface area contributed by atoms with Crippen LogP contribution in [0.1, 0.15) is 63.8 Å². The number of nitrogens with zero attached hydrogens (tertiary/aromatic N) is 7. The van der Waals surface area contributed by atoms with Gasteiger partial charge < -0.3 is 10.5 Å². The summed E-state index contributed by atoms with van der Waals surface area (Å²) in [5.74, 6) is -0.504. The molecule has 0 bridgehead atoms. The predicted octanol–water partition coefficient (Wildman–Crippen LogP) is 7.08. The van der Waals surface area contributed by atoms with Crippen LogP contribution in [-0.4, -0.2) is 78.1 Å². The van der Waals surface area contributed by atoms with E-state index in [0.29, 0.717) is 56.1 Å². The third-order valence-electron chi connectivity index (χ3n) is 8.70. The van der Waals surface area contributed by atoms with Crippen molar-refractivity contribution >= 4 is 29.6 Å². The van der Waals surface area contributed by atoms with E-state index in [2.05, 4.69) is 20.3 Å². The quantitative estimate of drug-likeness (QED) is 0.156. The van der Waals surface area contributed by atoms with Crippen molar-refractivity contribution in [3.63, 3.8) is 0 Å². The van der Waals surface area contributed by atoms with E-state index in [1.807, 2.05) is 20.8 Å². The maximum atomic E-state index is 14.9. The Labute approximate surface area is 299 Å². The number of carbonyl (C=O) groups excluding carboxylic acids is 2. The van der Waals surface area contributed by atoms with Gasteiger partial charge in [-0.25, -0.2) is 19.5 Å². The van der Waals surface area contributed by atoms with Crippen LogP contribution in [0.4, 0.5) is 26.7 Å². The highest BCUT2D eigenvalue weighted by Crippen LogP contribution is 2.45. The summed E-state index contributed by atoms with van der Waals surface area (Å²) in [4.78, 5) is 38.8. The Balaban J connectivity index is 1.39. The number of hydrogen-bond acceptors (Lipinski definition) is 8. The number of hydrogen-bond donors (Lipinski definition) is 2. The summed E-state index contributed by atoms with van der Waals surface area (Å²) in [5.41, 5.74) is 6.67. The molecule has 18 heteroatoms. The number of carbonyl (C=O) groups is 2. The van der Waals surface area contributed by atoms with Crippen LogP contribution in [0, 0.1) is 5.41 Å². The molecule has 12 nitrogen and oxygen atoms in total. The van der Waals surface area contributed by atoms with Gasteiger partial charge in [0, 0.05) is 23.4 Å². The van der Waals surface area contributed by atoms with Crippen LogP contribution in [0.2, 0.25) is 5.02 Å². The van der Waals surface area contributed by atoms with Crippen molar-refractivity contribution in [2.45, 2.75) is 70.4 Å². The third kappa shape index (κ3) is 7.73. The van der Waals surface area contributed by atoms with E-state index in [1.165, 1.54) is 29.7 Å². The van der Waals surface area contributed by atoms with Crippen molar-refractivity contribution in [1.82, 2.24) is 34.8 Å². The molecule has 276 valence electrons. The molecule has 52 heavy (non-hydrogen) atoms. The molecule has 2 atom stereocenters. The molecule has 1 aliphatic heterocycles. The number of benzene rings is 2. The second-order valence-electron chi connectivity index (χ2n) is 13.9. The minimum absolute atomic E-state index is 0.163. The van der Waals surface area contributed by atoms with Crippen molar-refractivity contribution in [3.05, 3.63) is 77.3 Å². The second kappa shape index (κ2) is 13.8. The maximum Gasteiger partial charge on any atom is 0.410 e. The Morgan fingerprint density at radius 1 is 1.13 bits per heavy atom. The van der Waals surface area contributed by atoms with E-state index < -0.39 is 60.9 Å². The van der Waals surface area contributed by atoms with Gasteiger partial charge >= 0.3 is 18.8 Å². The molecule has 0 saturated heterocycles. The van der Waals surface area contributed by atoms with Crippen LogP contribution in [0.5, 0.6) is 0 Å². The van der Waals surface area contributed by atoms with Crippen LogP contribution < -0.4 is 5.73 Å². The van der Waals surface area contributed by atoms with Crippen molar-refractivity contribution in [2.24, 2.45) is 16.1 Å².